The van der Waals surface area contributed by atoms with E-state index in [0.717, 1.165) is 6.07 Å². The molecule has 1 atom stereocenters. The number of likely N-dealkylation sites (tertiary alicyclic amines) is 1. The smallest absolute Gasteiger partial charge is 0.355 e. The zero-order chi connectivity index (χ0) is 18.4. The Kier molecular flexibility index (Phi) is 6.41. The Hall–Kier alpha value is -2.09. The normalized spacial score (nSPS) is 18.1. The van der Waals surface area contributed by atoms with Crippen molar-refractivity contribution in [1.82, 2.24) is 10.2 Å². The number of nitrogens with two attached hydrogens (primary N) is 1. The van der Waals surface area contributed by atoms with Gasteiger partial charge < -0.3 is 16.0 Å². The summed E-state index contributed by atoms with van der Waals surface area (Å²) in [5.41, 5.74) is 4.51. The van der Waals surface area contributed by atoms with Crippen LogP contribution >= 0.6 is 0 Å². The van der Waals surface area contributed by atoms with Gasteiger partial charge in [0.15, 0.2) is 0 Å². The molecule has 0 aromatic heterocycles. The first-order valence-electron chi connectivity index (χ1n) is 8.23. The molecule has 1 unspecified atom stereocenters. The first-order chi connectivity index (χ1) is 11.8. The van der Waals surface area contributed by atoms with Crippen LogP contribution in [0.25, 0.3) is 0 Å². The SMILES string of the molecule is NCCNC(=O)C1CCCN(C(=O)Cc2ccccc2C(F)(F)F)C1. The van der Waals surface area contributed by atoms with E-state index < -0.39 is 17.6 Å². The number of alkyl halides is 3. The molecule has 1 aromatic carbocycles. The third kappa shape index (κ3) is 5.19. The molecule has 8 heteroatoms. The quantitative estimate of drug-likeness (QED) is 0.840. The van der Waals surface area contributed by atoms with Crippen molar-refractivity contribution in [3.8, 4) is 0 Å². The minimum Gasteiger partial charge on any atom is -0.355 e. The van der Waals surface area contributed by atoms with Gasteiger partial charge in [-0.25, -0.2) is 0 Å². The van der Waals surface area contributed by atoms with E-state index in [1.54, 1.807) is 0 Å². The molecule has 1 aromatic rings. The summed E-state index contributed by atoms with van der Waals surface area (Å²) in [5, 5.41) is 2.69. The van der Waals surface area contributed by atoms with Crippen molar-refractivity contribution in [3.05, 3.63) is 35.4 Å². The van der Waals surface area contributed by atoms with Crippen LogP contribution in [0.2, 0.25) is 0 Å². The Balaban J connectivity index is 2.03. The second-order valence-corrected chi connectivity index (χ2v) is 6.09. The fraction of sp³-hybridized carbons (Fsp3) is 0.529. The summed E-state index contributed by atoms with van der Waals surface area (Å²) >= 11 is 0. The largest absolute Gasteiger partial charge is 0.416 e. The van der Waals surface area contributed by atoms with Gasteiger partial charge in [0.1, 0.15) is 0 Å². The molecule has 2 rings (SSSR count). The maximum absolute atomic E-state index is 13.0. The molecule has 138 valence electrons. The molecule has 0 saturated carbocycles. The van der Waals surface area contributed by atoms with Crippen LogP contribution in [-0.4, -0.2) is 42.9 Å². The van der Waals surface area contributed by atoms with Crippen LogP contribution in [-0.2, 0) is 22.2 Å². The number of carbonyl (C=O) groups excluding carboxylic acids is 2. The Bertz CT molecular complexity index is 619. The lowest BCUT2D eigenvalue weighted by atomic mass is 9.96. The summed E-state index contributed by atoms with van der Waals surface area (Å²) < 4.78 is 39.1. The summed E-state index contributed by atoms with van der Waals surface area (Å²) in [6.45, 7) is 1.37. The van der Waals surface area contributed by atoms with Crippen LogP contribution in [0.1, 0.15) is 24.0 Å². The van der Waals surface area contributed by atoms with E-state index in [0.29, 0.717) is 32.5 Å². The van der Waals surface area contributed by atoms with Gasteiger partial charge in [-0.1, -0.05) is 18.2 Å². The molecule has 1 saturated heterocycles. The Morgan fingerprint density at radius 1 is 1.28 bits per heavy atom. The molecule has 1 aliphatic rings. The van der Waals surface area contributed by atoms with Gasteiger partial charge in [-0.05, 0) is 24.5 Å². The molecule has 5 nitrogen and oxygen atoms in total. The van der Waals surface area contributed by atoms with Crippen LogP contribution in [0, 0.1) is 5.92 Å². The molecule has 0 spiro atoms. The summed E-state index contributed by atoms with van der Waals surface area (Å²) in [5.74, 6) is -0.909. The van der Waals surface area contributed by atoms with Gasteiger partial charge in [-0.15, -0.1) is 0 Å². The minimum atomic E-state index is -4.50. The topological polar surface area (TPSA) is 75.4 Å². The summed E-state index contributed by atoms with van der Waals surface area (Å²) in [6.07, 6.45) is -3.52. The van der Waals surface area contributed by atoms with E-state index in [4.69, 9.17) is 5.73 Å². The zero-order valence-electron chi connectivity index (χ0n) is 13.8. The molecule has 1 fully saturated rings. The average molecular weight is 357 g/mol. The van der Waals surface area contributed by atoms with Gasteiger partial charge in [0.2, 0.25) is 11.8 Å². The molecule has 3 N–H and O–H groups in total. The number of hydrogen-bond donors (Lipinski definition) is 2. The number of nitrogens with zero attached hydrogens (tertiary/aromatic N) is 1. The summed E-state index contributed by atoms with van der Waals surface area (Å²) in [7, 11) is 0. The van der Waals surface area contributed by atoms with Crippen LogP contribution < -0.4 is 11.1 Å². The lowest BCUT2D eigenvalue weighted by Crippen LogP contribution is -2.46. The first kappa shape index (κ1) is 19.2. The van der Waals surface area contributed by atoms with E-state index in [1.165, 1.54) is 23.1 Å². The van der Waals surface area contributed by atoms with Crippen molar-refractivity contribution in [3.63, 3.8) is 0 Å². The van der Waals surface area contributed by atoms with Crippen molar-refractivity contribution < 1.29 is 22.8 Å². The molecule has 2 amide bonds. The highest BCUT2D eigenvalue weighted by Gasteiger charge is 2.34. The number of hydrogen-bond acceptors (Lipinski definition) is 3. The van der Waals surface area contributed by atoms with E-state index in [-0.39, 0.29) is 30.4 Å². The predicted molar refractivity (Wildman–Crippen MR) is 86.5 cm³/mol. The van der Waals surface area contributed by atoms with Crippen LogP contribution in [0.4, 0.5) is 13.2 Å². The molecule has 1 heterocycles. The van der Waals surface area contributed by atoms with Crippen LogP contribution in [0.15, 0.2) is 24.3 Å². The average Bonchev–Trinajstić information content (AvgIpc) is 2.59. The highest BCUT2D eigenvalue weighted by molar-refractivity contribution is 5.82. The van der Waals surface area contributed by atoms with Crippen molar-refractivity contribution >= 4 is 11.8 Å². The van der Waals surface area contributed by atoms with Crippen molar-refractivity contribution in [2.45, 2.75) is 25.4 Å². The van der Waals surface area contributed by atoms with Gasteiger partial charge in [0, 0.05) is 26.2 Å². The molecular formula is C17H22F3N3O2. The monoisotopic (exact) mass is 357 g/mol. The fourth-order valence-corrected chi connectivity index (χ4v) is 2.98. The maximum Gasteiger partial charge on any atom is 0.416 e. The number of carbonyl (C=O) groups is 2. The molecule has 25 heavy (non-hydrogen) atoms. The molecule has 0 bridgehead atoms. The molecule has 0 aliphatic carbocycles. The van der Waals surface area contributed by atoms with Gasteiger partial charge in [-0.2, -0.15) is 13.2 Å². The van der Waals surface area contributed by atoms with E-state index in [9.17, 15) is 22.8 Å². The summed E-state index contributed by atoms with van der Waals surface area (Å²) in [4.78, 5) is 25.9. The molecule has 1 aliphatic heterocycles. The second kappa shape index (κ2) is 8.33. The lowest BCUT2D eigenvalue weighted by molar-refractivity contribution is -0.139. The second-order valence-electron chi connectivity index (χ2n) is 6.09. The third-order valence-electron chi connectivity index (χ3n) is 4.25. The highest BCUT2D eigenvalue weighted by atomic mass is 19.4. The number of piperidine rings is 1. The highest BCUT2D eigenvalue weighted by Crippen LogP contribution is 2.32. The van der Waals surface area contributed by atoms with Gasteiger partial charge in [0.25, 0.3) is 0 Å². The van der Waals surface area contributed by atoms with E-state index in [2.05, 4.69) is 5.32 Å². The number of benzene rings is 1. The first-order valence-corrected chi connectivity index (χ1v) is 8.23. The fourth-order valence-electron chi connectivity index (χ4n) is 2.98. The number of nitrogens with one attached hydrogen (secondary N) is 1. The maximum atomic E-state index is 13.0. The zero-order valence-corrected chi connectivity index (χ0v) is 13.8. The Morgan fingerprint density at radius 3 is 2.68 bits per heavy atom. The molecular weight excluding hydrogens is 335 g/mol. The lowest BCUT2D eigenvalue weighted by Gasteiger charge is -2.32. The van der Waals surface area contributed by atoms with Crippen molar-refractivity contribution in [2.24, 2.45) is 11.7 Å². The Morgan fingerprint density at radius 2 is 2.00 bits per heavy atom. The standard InChI is InChI=1S/C17H22F3N3O2/c18-17(19,20)14-6-2-1-4-12(14)10-15(24)23-9-3-5-13(11-23)16(25)22-8-7-21/h1-2,4,6,13H,3,5,7-11,21H2,(H,22,25). The number of halogens is 3. The van der Waals surface area contributed by atoms with E-state index >= 15 is 0 Å². The Labute approximate surface area is 144 Å². The summed E-state index contributed by atoms with van der Waals surface area (Å²) in [6, 6.07) is 5.07. The van der Waals surface area contributed by atoms with Crippen LogP contribution in [0.3, 0.4) is 0 Å². The van der Waals surface area contributed by atoms with Crippen LogP contribution in [0.5, 0.6) is 0 Å². The number of rotatable bonds is 5. The van der Waals surface area contributed by atoms with E-state index in [1.807, 2.05) is 0 Å². The van der Waals surface area contributed by atoms with Crippen molar-refractivity contribution in [1.29, 1.82) is 0 Å². The van der Waals surface area contributed by atoms with Gasteiger partial charge in [0.05, 0.1) is 17.9 Å². The third-order valence-corrected chi connectivity index (χ3v) is 4.25. The number of amides is 2. The van der Waals surface area contributed by atoms with Crippen molar-refractivity contribution in [2.75, 3.05) is 26.2 Å². The van der Waals surface area contributed by atoms with Gasteiger partial charge in [-0.3, -0.25) is 9.59 Å². The predicted octanol–water partition coefficient (Wildman–Crippen LogP) is 1.56. The molecule has 0 radical (unpaired) electrons. The minimum absolute atomic E-state index is 0.0466. The van der Waals surface area contributed by atoms with Gasteiger partial charge >= 0.3 is 6.18 Å².